The van der Waals surface area contributed by atoms with Gasteiger partial charge in [-0.05, 0) is 51.9 Å². The number of amides is 1. The zero-order valence-electron chi connectivity index (χ0n) is 13.7. The Morgan fingerprint density at radius 3 is 1.56 bits per heavy atom. The quantitative estimate of drug-likeness (QED) is 0.433. The molecule has 0 aromatic heterocycles. The molecule has 1 amide bonds. The minimum Gasteiger partial charge on any atom is -0.278 e. The lowest BCUT2D eigenvalue weighted by molar-refractivity contribution is -0.113. The minimum absolute atomic E-state index is 0.148. The van der Waals surface area contributed by atoms with Gasteiger partial charge < -0.3 is 0 Å². The van der Waals surface area contributed by atoms with Gasteiger partial charge in [0.15, 0.2) is 0 Å². The monoisotopic (exact) mass is 323 g/mol. The SMILES string of the molecule is C=CC(=O)N(c1ccc2ccccc2c1)c1ccc2ccccc2c1. The zero-order chi connectivity index (χ0) is 17.2. The maximum atomic E-state index is 12.6. The van der Waals surface area contributed by atoms with Crippen LogP contribution in [0.15, 0.2) is 97.6 Å². The van der Waals surface area contributed by atoms with Crippen molar-refractivity contribution in [1.82, 2.24) is 0 Å². The van der Waals surface area contributed by atoms with Crippen LogP contribution in [0.3, 0.4) is 0 Å². The van der Waals surface area contributed by atoms with Crippen LogP contribution in [0.2, 0.25) is 0 Å². The Morgan fingerprint density at radius 2 is 1.12 bits per heavy atom. The number of anilines is 2. The summed E-state index contributed by atoms with van der Waals surface area (Å²) in [5, 5.41) is 4.50. The van der Waals surface area contributed by atoms with Gasteiger partial charge in [-0.25, -0.2) is 0 Å². The summed E-state index contributed by atoms with van der Waals surface area (Å²) in [6, 6.07) is 28.3. The predicted molar refractivity (Wildman–Crippen MR) is 105 cm³/mol. The molecule has 0 N–H and O–H groups in total. The molecule has 0 saturated heterocycles. The molecule has 0 atom stereocenters. The van der Waals surface area contributed by atoms with E-state index in [0.29, 0.717) is 0 Å². The third-order valence-corrected chi connectivity index (χ3v) is 4.38. The number of hydrogen-bond donors (Lipinski definition) is 0. The lowest BCUT2D eigenvalue weighted by Gasteiger charge is -2.22. The van der Waals surface area contributed by atoms with E-state index in [1.807, 2.05) is 60.7 Å². The van der Waals surface area contributed by atoms with Gasteiger partial charge in [-0.2, -0.15) is 0 Å². The Kier molecular flexibility index (Phi) is 3.79. The highest BCUT2D eigenvalue weighted by atomic mass is 16.2. The molecule has 0 aliphatic carbocycles. The summed E-state index contributed by atoms with van der Waals surface area (Å²) in [6.45, 7) is 3.67. The van der Waals surface area contributed by atoms with E-state index in [4.69, 9.17) is 0 Å². The molecule has 0 unspecified atom stereocenters. The summed E-state index contributed by atoms with van der Waals surface area (Å²) in [4.78, 5) is 14.3. The summed E-state index contributed by atoms with van der Waals surface area (Å²) in [5.74, 6) is -0.148. The number of fused-ring (bicyclic) bond motifs is 2. The maximum absolute atomic E-state index is 12.6. The van der Waals surface area contributed by atoms with Gasteiger partial charge in [-0.15, -0.1) is 0 Å². The normalized spacial score (nSPS) is 10.7. The number of rotatable bonds is 3. The molecule has 4 aromatic carbocycles. The van der Waals surface area contributed by atoms with E-state index < -0.39 is 0 Å². The van der Waals surface area contributed by atoms with Crippen LogP contribution in [-0.4, -0.2) is 5.91 Å². The number of hydrogen-bond acceptors (Lipinski definition) is 1. The Hall–Kier alpha value is -3.39. The van der Waals surface area contributed by atoms with Crippen molar-refractivity contribution in [2.24, 2.45) is 0 Å². The summed E-state index contributed by atoms with van der Waals surface area (Å²) >= 11 is 0. The van der Waals surface area contributed by atoms with Crippen LogP contribution < -0.4 is 4.90 Å². The van der Waals surface area contributed by atoms with Crippen molar-refractivity contribution in [3.05, 3.63) is 97.6 Å². The van der Waals surface area contributed by atoms with E-state index in [0.717, 1.165) is 32.9 Å². The first kappa shape index (κ1) is 15.2. The van der Waals surface area contributed by atoms with Gasteiger partial charge >= 0.3 is 0 Å². The lowest BCUT2D eigenvalue weighted by atomic mass is 10.1. The number of nitrogens with zero attached hydrogens (tertiary/aromatic N) is 1. The van der Waals surface area contributed by atoms with Crippen LogP contribution in [0.25, 0.3) is 21.5 Å². The molecule has 25 heavy (non-hydrogen) atoms. The van der Waals surface area contributed by atoms with E-state index in [1.54, 1.807) is 4.90 Å². The van der Waals surface area contributed by atoms with Crippen molar-refractivity contribution < 1.29 is 4.79 Å². The Balaban J connectivity index is 1.88. The maximum Gasteiger partial charge on any atom is 0.254 e. The molecule has 0 spiro atoms. The van der Waals surface area contributed by atoms with Crippen molar-refractivity contribution in [3.63, 3.8) is 0 Å². The average Bonchev–Trinajstić information content (AvgIpc) is 2.68. The van der Waals surface area contributed by atoms with E-state index in [1.165, 1.54) is 6.08 Å². The number of carbonyl (C=O) groups excluding carboxylic acids is 1. The molecular formula is C23H17NO. The van der Waals surface area contributed by atoms with Crippen LogP contribution in [0.4, 0.5) is 11.4 Å². The lowest BCUT2D eigenvalue weighted by Crippen LogP contribution is -2.23. The molecular weight excluding hydrogens is 306 g/mol. The van der Waals surface area contributed by atoms with E-state index in [-0.39, 0.29) is 5.91 Å². The van der Waals surface area contributed by atoms with Gasteiger partial charge in [-0.3, -0.25) is 9.69 Å². The molecule has 0 aliphatic heterocycles. The highest BCUT2D eigenvalue weighted by Crippen LogP contribution is 2.31. The summed E-state index contributed by atoms with van der Waals surface area (Å²) in [5.41, 5.74) is 1.66. The smallest absolute Gasteiger partial charge is 0.254 e. The molecule has 2 heteroatoms. The molecule has 0 bridgehead atoms. The van der Waals surface area contributed by atoms with Crippen molar-refractivity contribution in [2.75, 3.05) is 4.90 Å². The summed E-state index contributed by atoms with van der Waals surface area (Å²) in [6.07, 6.45) is 1.35. The largest absolute Gasteiger partial charge is 0.278 e. The minimum atomic E-state index is -0.148. The molecule has 4 rings (SSSR count). The molecule has 0 fully saturated rings. The summed E-state index contributed by atoms with van der Waals surface area (Å²) < 4.78 is 0. The third kappa shape index (κ3) is 2.79. The molecule has 0 radical (unpaired) electrons. The molecule has 0 aliphatic rings. The van der Waals surface area contributed by atoms with E-state index in [2.05, 4.69) is 30.8 Å². The van der Waals surface area contributed by atoms with Gasteiger partial charge in [0, 0.05) is 11.4 Å². The fourth-order valence-corrected chi connectivity index (χ4v) is 3.13. The summed E-state index contributed by atoms with van der Waals surface area (Å²) in [7, 11) is 0. The molecule has 0 heterocycles. The van der Waals surface area contributed by atoms with Gasteiger partial charge in [0.25, 0.3) is 5.91 Å². The second-order valence-electron chi connectivity index (χ2n) is 5.94. The number of benzene rings is 4. The van der Waals surface area contributed by atoms with Gasteiger partial charge in [0.2, 0.25) is 0 Å². The zero-order valence-corrected chi connectivity index (χ0v) is 13.7. The van der Waals surface area contributed by atoms with E-state index >= 15 is 0 Å². The van der Waals surface area contributed by atoms with E-state index in [9.17, 15) is 4.79 Å². The fourth-order valence-electron chi connectivity index (χ4n) is 3.13. The molecule has 2 nitrogen and oxygen atoms in total. The van der Waals surface area contributed by atoms with Gasteiger partial charge in [-0.1, -0.05) is 67.2 Å². The van der Waals surface area contributed by atoms with Crippen LogP contribution in [0, 0.1) is 0 Å². The van der Waals surface area contributed by atoms with Gasteiger partial charge in [0.05, 0.1) is 0 Å². The van der Waals surface area contributed by atoms with Crippen LogP contribution in [0.1, 0.15) is 0 Å². The average molecular weight is 323 g/mol. The highest BCUT2D eigenvalue weighted by Gasteiger charge is 2.16. The molecule has 120 valence electrons. The first-order valence-electron chi connectivity index (χ1n) is 8.20. The standard InChI is InChI=1S/C23H17NO/c1-2-23(25)24(21-13-11-17-7-3-5-9-19(17)15-21)22-14-12-18-8-4-6-10-20(18)16-22/h2-16H,1H2. The Bertz CT molecular complexity index is 1020. The topological polar surface area (TPSA) is 20.3 Å². The Labute approximate surface area is 146 Å². The second-order valence-corrected chi connectivity index (χ2v) is 5.94. The van der Waals surface area contributed by atoms with Crippen LogP contribution >= 0.6 is 0 Å². The van der Waals surface area contributed by atoms with Crippen molar-refractivity contribution in [1.29, 1.82) is 0 Å². The fraction of sp³-hybridized carbons (Fsp3) is 0. The third-order valence-electron chi connectivity index (χ3n) is 4.38. The van der Waals surface area contributed by atoms with Crippen molar-refractivity contribution in [3.8, 4) is 0 Å². The Morgan fingerprint density at radius 1 is 0.680 bits per heavy atom. The second kappa shape index (κ2) is 6.25. The predicted octanol–water partition coefficient (Wildman–Crippen LogP) is 5.84. The first-order valence-corrected chi connectivity index (χ1v) is 8.20. The van der Waals surface area contributed by atoms with Gasteiger partial charge in [0.1, 0.15) is 0 Å². The van der Waals surface area contributed by atoms with Crippen LogP contribution in [-0.2, 0) is 4.79 Å². The molecule has 4 aromatic rings. The van der Waals surface area contributed by atoms with Crippen molar-refractivity contribution >= 4 is 38.8 Å². The molecule has 0 saturated carbocycles. The number of carbonyl (C=O) groups is 1. The highest BCUT2D eigenvalue weighted by molar-refractivity contribution is 6.08. The van der Waals surface area contributed by atoms with Crippen LogP contribution in [0.5, 0.6) is 0 Å². The van der Waals surface area contributed by atoms with Crippen molar-refractivity contribution in [2.45, 2.75) is 0 Å². The first-order chi connectivity index (χ1) is 12.3.